The smallest absolute Gasteiger partial charge is 0.303 e. The first-order valence-electron chi connectivity index (χ1n) is 9.42. The van der Waals surface area contributed by atoms with Crippen LogP contribution in [0.5, 0.6) is 0 Å². The molecule has 0 unspecified atom stereocenters. The number of amides is 2. The molecule has 27 heavy (non-hydrogen) atoms. The molecule has 0 radical (unpaired) electrons. The van der Waals surface area contributed by atoms with Crippen LogP contribution in [-0.2, 0) is 4.79 Å². The molecule has 1 aliphatic heterocycles. The van der Waals surface area contributed by atoms with Gasteiger partial charge in [0.1, 0.15) is 0 Å². The van der Waals surface area contributed by atoms with Gasteiger partial charge in [-0.25, -0.2) is 0 Å². The van der Waals surface area contributed by atoms with Crippen molar-refractivity contribution in [3.63, 3.8) is 0 Å². The number of hydrogen-bond donors (Lipinski definition) is 2. The summed E-state index contributed by atoms with van der Waals surface area (Å²) >= 11 is 0. The largest absolute Gasteiger partial charge is 0.481 e. The second kappa shape index (κ2) is 8.20. The zero-order valence-electron chi connectivity index (χ0n) is 15.5. The molecule has 0 bridgehead atoms. The topological polar surface area (TPSA) is 86.7 Å². The van der Waals surface area contributed by atoms with Crippen LogP contribution in [0.2, 0.25) is 0 Å². The number of aliphatic carboxylic acids is 1. The number of anilines is 1. The first-order valence-corrected chi connectivity index (χ1v) is 9.42. The maximum atomic E-state index is 12.9. The van der Waals surface area contributed by atoms with Gasteiger partial charge < -0.3 is 10.4 Å². The van der Waals surface area contributed by atoms with E-state index in [0.29, 0.717) is 29.4 Å². The summed E-state index contributed by atoms with van der Waals surface area (Å²) in [6.45, 7) is 3.20. The average molecular weight is 368 g/mol. The number of rotatable bonds is 9. The normalized spacial score (nSPS) is 13.3. The van der Waals surface area contributed by atoms with Crippen LogP contribution in [0.15, 0.2) is 30.3 Å². The summed E-state index contributed by atoms with van der Waals surface area (Å²) in [5.41, 5.74) is 1.98. The second-order valence-corrected chi connectivity index (χ2v) is 6.78. The lowest BCUT2D eigenvalue weighted by atomic mass is 9.93. The number of carboxylic acid groups (broad SMARTS) is 1. The van der Waals surface area contributed by atoms with E-state index in [1.165, 1.54) is 4.90 Å². The summed E-state index contributed by atoms with van der Waals surface area (Å²) in [7, 11) is 0. The molecule has 0 saturated heterocycles. The van der Waals surface area contributed by atoms with Gasteiger partial charge in [0.05, 0.1) is 0 Å². The molecule has 0 fully saturated rings. The molecule has 0 aliphatic carbocycles. The summed E-state index contributed by atoms with van der Waals surface area (Å²) in [5, 5.41) is 13.7. The van der Waals surface area contributed by atoms with Crippen molar-refractivity contribution < 1.29 is 19.5 Å². The van der Waals surface area contributed by atoms with Gasteiger partial charge in [-0.1, -0.05) is 25.5 Å². The standard InChI is InChI=1S/C21H24N2O4/c1-2-3-12-22-17-11-10-16-19-14(17)7-6-8-15(19)20(26)23(21(16)27)13-5-4-9-18(24)25/h6-8,10-11,22H,2-5,9,12-13H2,1H3,(H,24,25). The van der Waals surface area contributed by atoms with E-state index in [1.807, 2.05) is 18.2 Å². The Morgan fingerprint density at radius 1 is 1.04 bits per heavy atom. The number of benzene rings is 2. The minimum Gasteiger partial charge on any atom is -0.481 e. The fraction of sp³-hybridized carbons (Fsp3) is 0.381. The van der Waals surface area contributed by atoms with Crippen molar-refractivity contribution in [2.45, 2.75) is 39.0 Å². The van der Waals surface area contributed by atoms with Crippen LogP contribution >= 0.6 is 0 Å². The van der Waals surface area contributed by atoms with Gasteiger partial charge in [-0.05, 0) is 37.5 Å². The van der Waals surface area contributed by atoms with Gasteiger partial charge in [0, 0.05) is 47.1 Å². The second-order valence-electron chi connectivity index (χ2n) is 6.78. The van der Waals surface area contributed by atoms with Crippen LogP contribution in [0.4, 0.5) is 5.69 Å². The van der Waals surface area contributed by atoms with E-state index >= 15 is 0 Å². The Hall–Kier alpha value is -2.89. The Morgan fingerprint density at radius 2 is 1.78 bits per heavy atom. The van der Waals surface area contributed by atoms with Gasteiger partial charge in [0.25, 0.3) is 11.8 Å². The molecule has 0 atom stereocenters. The minimum absolute atomic E-state index is 0.0369. The Morgan fingerprint density at radius 3 is 2.48 bits per heavy atom. The highest BCUT2D eigenvalue weighted by molar-refractivity contribution is 6.26. The van der Waals surface area contributed by atoms with E-state index in [0.717, 1.165) is 30.5 Å². The molecule has 2 aromatic rings. The molecule has 1 aliphatic rings. The summed E-state index contributed by atoms with van der Waals surface area (Å²) in [5.74, 6) is -1.48. The van der Waals surface area contributed by atoms with Crippen molar-refractivity contribution in [3.8, 4) is 0 Å². The first kappa shape index (κ1) is 18.9. The Kier molecular flexibility index (Phi) is 5.74. The SMILES string of the molecule is CCCCNc1ccc2c3c(cccc13)C(=O)N(CCCCC(=O)O)C2=O. The third-order valence-electron chi connectivity index (χ3n) is 4.86. The molecular formula is C21H24N2O4. The van der Waals surface area contributed by atoms with E-state index in [4.69, 9.17) is 5.11 Å². The first-order chi connectivity index (χ1) is 13.0. The maximum absolute atomic E-state index is 12.9. The van der Waals surface area contributed by atoms with Crippen LogP contribution in [0.3, 0.4) is 0 Å². The number of nitrogens with one attached hydrogen (secondary N) is 1. The van der Waals surface area contributed by atoms with Crippen LogP contribution in [0.25, 0.3) is 10.8 Å². The number of carboxylic acids is 1. The van der Waals surface area contributed by atoms with Crippen LogP contribution in [0, 0.1) is 0 Å². The van der Waals surface area contributed by atoms with Gasteiger partial charge in [-0.3, -0.25) is 19.3 Å². The molecule has 6 heteroatoms. The number of unbranched alkanes of at least 4 members (excludes halogenated alkanes) is 2. The number of hydrogen-bond acceptors (Lipinski definition) is 4. The monoisotopic (exact) mass is 368 g/mol. The molecule has 0 aromatic heterocycles. The zero-order valence-corrected chi connectivity index (χ0v) is 15.5. The van der Waals surface area contributed by atoms with Crippen molar-refractivity contribution in [1.82, 2.24) is 4.90 Å². The Labute approximate surface area is 158 Å². The minimum atomic E-state index is -0.871. The van der Waals surface area contributed by atoms with Crippen LogP contribution < -0.4 is 5.32 Å². The van der Waals surface area contributed by atoms with Gasteiger partial charge in [-0.2, -0.15) is 0 Å². The maximum Gasteiger partial charge on any atom is 0.303 e. The number of imide groups is 1. The number of carbonyl (C=O) groups is 3. The lowest BCUT2D eigenvalue weighted by Crippen LogP contribution is -2.40. The van der Waals surface area contributed by atoms with E-state index < -0.39 is 5.97 Å². The highest BCUT2D eigenvalue weighted by atomic mass is 16.4. The number of nitrogens with zero attached hydrogens (tertiary/aromatic N) is 1. The third-order valence-corrected chi connectivity index (χ3v) is 4.86. The molecular weight excluding hydrogens is 344 g/mol. The number of carbonyl (C=O) groups excluding carboxylic acids is 2. The molecule has 2 aromatic carbocycles. The summed E-state index contributed by atoms with van der Waals surface area (Å²) in [4.78, 5) is 37.6. The molecule has 3 rings (SSSR count). The summed E-state index contributed by atoms with van der Waals surface area (Å²) in [6.07, 6.45) is 3.08. The van der Waals surface area contributed by atoms with E-state index in [1.54, 1.807) is 12.1 Å². The fourth-order valence-corrected chi connectivity index (χ4v) is 3.45. The highest BCUT2D eigenvalue weighted by Gasteiger charge is 2.32. The van der Waals surface area contributed by atoms with Crippen molar-refractivity contribution in [2.24, 2.45) is 0 Å². The van der Waals surface area contributed by atoms with E-state index in [9.17, 15) is 14.4 Å². The molecule has 6 nitrogen and oxygen atoms in total. The van der Waals surface area contributed by atoms with Crippen molar-refractivity contribution in [3.05, 3.63) is 41.5 Å². The Bertz CT molecular complexity index is 869. The molecule has 142 valence electrons. The van der Waals surface area contributed by atoms with Gasteiger partial charge in [0.2, 0.25) is 0 Å². The van der Waals surface area contributed by atoms with E-state index in [2.05, 4.69) is 12.2 Å². The predicted molar refractivity (Wildman–Crippen MR) is 104 cm³/mol. The predicted octanol–water partition coefficient (Wildman–Crippen LogP) is 3.90. The van der Waals surface area contributed by atoms with Gasteiger partial charge >= 0.3 is 5.97 Å². The van der Waals surface area contributed by atoms with Crippen molar-refractivity contribution in [1.29, 1.82) is 0 Å². The molecule has 0 spiro atoms. The fourth-order valence-electron chi connectivity index (χ4n) is 3.45. The van der Waals surface area contributed by atoms with Crippen molar-refractivity contribution in [2.75, 3.05) is 18.4 Å². The molecule has 1 heterocycles. The van der Waals surface area contributed by atoms with Gasteiger partial charge in [-0.15, -0.1) is 0 Å². The summed E-state index contributed by atoms with van der Waals surface area (Å²) in [6, 6.07) is 9.19. The van der Waals surface area contributed by atoms with E-state index in [-0.39, 0.29) is 24.8 Å². The Balaban J connectivity index is 1.89. The highest BCUT2D eigenvalue weighted by Crippen LogP contribution is 2.34. The summed E-state index contributed by atoms with van der Waals surface area (Å²) < 4.78 is 0. The molecule has 0 saturated carbocycles. The zero-order chi connectivity index (χ0) is 19.4. The lowest BCUT2D eigenvalue weighted by molar-refractivity contribution is -0.137. The van der Waals surface area contributed by atoms with Gasteiger partial charge in [0.15, 0.2) is 0 Å². The van der Waals surface area contributed by atoms with Crippen LogP contribution in [0.1, 0.15) is 59.7 Å². The lowest BCUT2D eigenvalue weighted by Gasteiger charge is -2.28. The van der Waals surface area contributed by atoms with Crippen molar-refractivity contribution >= 4 is 34.2 Å². The third kappa shape index (κ3) is 3.79. The van der Waals surface area contributed by atoms with Crippen LogP contribution in [-0.4, -0.2) is 40.9 Å². The quantitative estimate of drug-likeness (QED) is 0.518. The molecule has 2 amide bonds. The molecule has 2 N–H and O–H groups in total. The average Bonchev–Trinajstić information content (AvgIpc) is 2.66.